The largest absolute Gasteiger partial charge is 0.378 e. The van der Waals surface area contributed by atoms with Crippen LogP contribution in [0.5, 0.6) is 0 Å². The molecule has 2 aliphatic heterocycles. The van der Waals surface area contributed by atoms with Gasteiger partial charge in [0.25, 0.3) is 0 Å². The van der Waals surface area contributed by atoms with E-state index in [1.54, 1.807) is 0 Å². The van der Waals surface area contributed by atoms with Gasteiger partial charge in [-0.2, -0.15) is 4.98 Å². The predicted octanol–water partition coefficient (Wildman–Crippen LogP) is 3.32. The van der Waals surface area contributed by atoms with Gasteiger partial charge in [-0.25, -0.2) is 0 Å². The van der Waals surface area contributed by atoms with Crippen molar-refractivity contribution in [2.45, 2.75) is 25.3 Å². The molecule has 33 heavy (non-hydrogen) atoms. The number of carbonyl (C=O) groups is 1. The molecule has 0 aliphatic carbocycles. The van der Waals surface area contributed by atoms with Crippen molar-refractivity contribution in [2.24, 2.45) is 5.92 Å². The van der Waals surface area contributed by atoms with E-state index in [-0.39, 0.29) is 17.7 Å². The minimum atomic E-state index is -0.0678. The van der Waals surface area contributed by atoms with Gasteiger partial charge in [0.2, 0.25) is 11.8 Å². The Morgan fingerprint density at radius 1 is 0.909 bits per heavy atom. The van der Waals surface area contributed by atoms with Gasteiger partial charge in [-0.15, -0.1) is 0 Å². The lowest BCUT2D eigenvalue weighted by molar-refractivity contribution is -0.141. The van der Waals surface area contributed by atoms with Gasteiger partial charge in [-0.1, -0.05) is 65.8 Å². The van der Waals surface area contributed by atoms with Crippen LogP contribution in [-0.4, -0.2) is 65.2 Å². The summed E-state index contributed by atoms with van der Waals surface area (Å²) in [7, 11) is 0. The molecule has 1 aromatic heterocycles. The second-order valence-electron chi connectivity index (χ2n) is 8.79. The summed E-state index contributed by atoms with van der Waals surface area (Å²) < 4.78 is 11.0. The van der Waals surface area contributed by atoms with Crippen molar-refractivity contribution >= 4 is 5.91 Å². The van der Waals surface area contributed by atoms with E-state index in [4.69, 9.17) is 14.2 Å². The van der Waals surface area contributed by atoms with E-state index in [0.717, 1.165) is 37.1 Å². The fourth-order valence-electron chi connectivity index (χ4n) is 4.80. The molecule has 172 valence electrons. The van der Waals surface area contributed by atoms with Crippen LogP contribution in [0.15, 0.2) is 65.2 Å². The van der Waals surface area contributed by atoms with Crippen molar-refractivity contribution < 1.29 is 14.1 Å². The molecular weight excluding hydrogens is 416 g/mol. The van der Waals surface area contributed by atoms with Gasteiger partial charge in [-0.05, 0) is 37.1 Å². The number of nitrogens with zero attached hydrogens (tertiary/aromatic N) is 4. The Hall–Kier alpha value is -3.03. The predicted molar refractivity (Wildman–Crippen MR) is 124 cm³/mol. The number of aromatic nitrogens is 2. The van der Waals surface area contributed by atoms with E-state index in [9.17, 15) is 4.79 Å². The van der Waals surface area contributed by atoms with Crippen molar-refractivity contribution in [3.05, 3.63) is 83.5 Å². The molecule has 3 aromatic rings. The zero-order chi connectivity index (χ0) is 22.5. The zero-order valence-electron chi connectivity index (χ0n) is 18.8. The van der Waals surface area contributed by atoms with Crippen molar-refractivity contribution in [3.8, 4) is 0 Å². The first-order valence-electron chi connectivity index (χ1n) is 11.8. The Bertz CT molecular complexity index is 986. The Balaban J connectivity index is 1.23. The molecule has 2 aliphatic rings. The summed E-state index contributed by atoms with van der Waals surface area (Å²) in [5.74, 6) is 1.63. The Kier molecular flexibility index (Phi) is 6.79. The summed E-state index contributed by atoms with van der Waals surface area (Å²) >= 11 is 0. The van der Waals surface area contributed by atoms with Gasteiger partial charge in [0.1, 0.15) is 0 Å². The second-order valence-corrected chi connectivity index (χ2v) is 8.79. The lowest BCUT2D eigenvalue weighted by Crippen LogP contribution is -2.46. The number of hydrogen-bond donors (Lipinski definition) is 0. The van der Waals surface area contributed by atoms with Crippen LogP contribution in [-0.2, 0) is 16.1 Å². The molecule has 5 rings (SSSR count). The van der Waals surface area contributed by atoms with E-state index < -0.39 is 0 Å². The van der Waals surface area contributed by atoms with E-state index in [1.165, 1.54) is 0 Å². The maximum atomic E-state index is 12.8. The van der Waals surface area contributed by atoms with Crippen molar-refractivity contribution in [1.29, 1.82) is 0 Å². The van der Waals surface area contributed by atoms with Crippen molar-refractivity contribution in [2.75, 3.05) is 39.4 Å². The van der Waals surface area contributed by atoms with Crippen LogP contribution in [0.1, 0.15) is 41.6 Å². The SMILES string of the molecule is O=C(C1CCN(Cc2nc(C(c3ccccc3)c3ccccc3)no2)CC1)N1CCOCC1. The van der Waals surface area contributed by atoms with E-state index >= 15 is 0 Å². The first kappa shape index (κ1) is 21.8. The lowest BCUT2D eigenvalue weighted by Gasteiger charge is -2.35. The topological polar surface area (TPSA) is 71.7 Å². The monoisotopic (exact) mass is 446 g/mol. The first-order chi connectivity index (χ1) is 16.3. The van der Waals surface area contributed by atoms with E-state index in [0.29, 0.717) is 44.6 Å². The van der Waals surface area contributed by atoms with Crippen molar-refractivity contribution in [1.82, 2.24) is 19.9 Å². The normalized spacial score (nSPS) is 18.0. The van der Waals surface area contributed by atoms with Crippen LogP contribution in [0.4, 0.5) is 0 Å². The van der Waals surface area contributed by atoms with Gasteiger partial charge >= 0.3 is 0 Å². The van der Waals surface area contributed by atoms with Gasteiger partial charge < -0.3 is 14.2 Å². The third-order valence-corrected chi connectivity index (χ3v) is 6.63. The van der Waals surface area contributed by atoms with Crippen molar-refractivity contribution in [3.63, 3.8) is 0 Å². The molecule has 1 amide bonds. The number of benzene rings is 2. The fourth-order valence-corrected chi connectivity index (χ4v) is 4.80. The van der Waals surface area contributed by atoms with Crippen LogP contribution in [0.3, 0.4) is 0 Å². The lowest BCUT2D eigenvalue weighted by atomic mass is 9.91. The highest BCUT2D eigenvalue weighted by atomic mass is 16.5. The molecule has 0 saturated carbocycles. The zero-order valence-corrected chi connectivity index (χ0v) is 18.8. The molecule has 0 radical (unpaired) electrons. The maximum Gasteiger partial charge on any atom is 0.240 e. The van der Waals surface area contributed by atoms with Crippen LogP contribution >= 0.6 is 0 Å². The summed E-state index contributed by atoms with van der Waals surface area (Å²) in [5.41, 5.74) is 2.27. The molecule has 2 aromatic carbocycles. The number of amides is 1. The molecule has 2 saturated heterocycles. The standard InChI is InChI=1S/C26H30N4O3/c31-26(30-15-17-32-18-16-30)22-11-13-29(14-12-22)19-23-27-25(28-33-23)24(20-7-3-1-4-8-20)21-9-5-2-6-10-21/h1-10,22,24H,11-19H2. The summed E-state index contributed by atoms with van der Waals surface area (Å²) in [6.07, 6.45) is 1.74. The Labute approximate surface area is 194 Å². The first-order valence-corrected chi connectivity index (χ1v) is 11.8. The molecule has 2 fully saturated rings. The van der Waals surface area contributed by atoms with Gasteiger partial charge in [0, 0.05) is 19.0 Å². The van der Waals surface area contributed by atoms with Gasteiger partial charge in [0.15, 0.2) is 5.82 Å². The second kappa shape index (κ2) is 10.3. The summed E-state index contributed by atoms with van der Waals surface area (Å²) in [6, 6.07) is 20.6. The Morgan fingerprint density at radius 3 is 2.12 bits per heavy atom. The van der Waals surface area contributed by atoms with E-state index in [2.05, 4.69) is 34.3 Å². The highest BCUT2D eigenvalue weighted by Gasteiger charge is 2.30. The third kappa shape index (κ3) is 5.15. The maximum absolute atomic E-state index is 12.8. The van der Waals surface area contributed by atoms with Crippen LogP contribution in [0.2, 0.25) is 0 Å². The van der Waals surface area contributed by atoms with Gasteiger partial charge in [0.05, 0.1) is 25.7 Å². The smallest absolute Gasteiger partial charge is 0.240 e. The number of piperidine rings is 1. The number of carbonyl (C=O) groups excluding carboxylic acids is 1. The summed E-state index contributed by atoms with van der Waals surface area (Å²) in [6.45, 7) is 5.07. The number of hydrogen-bond acceptors (Lipinski definition) is 6. The molecule has 0 spiro atoms. The molecular formula is C26H30N4O3. The van der Waals surface area contributed by atoms with Crippen LogP contribution < -0.4 is 0 Å². The summed E-state index contributed by atoms with van der Waals surface area (Å²) in [4.78, 5) is 21.8. The quantitative estimate of drug-likeness (QED) is 0.579. The highest BCUT2D eigenvalue weighted by molar-refractivity contribution is 5.79. The average Bonchev–Trinajstić information content (AvgIpc) is 3.34. The highest BCUT2D eigenvalue weighted by Crippen LogP contribution is 2.30. The molecule has 0 bridgehead atoms. The molecule has 0 unspecified atom stereocenters. The minimum Gasteiger partial charge on any atom is -0.378 e. The van der Waals surface area contributed by atoms with Gasteiger partial charge in [-0.3, -0.25) is 9.69 Å². The molecule has 0 atom stereocenters. The number of rotatable bonds is 6. The molecule has 0 N–H and O–H groups in total. The summed E-state index contributed by atoms with van der Waals surface area (Å²) in [5, 5.41) is 4.35. The van der Waals surface area contributed by atoms with Crippen LogP contribution in [0.25, 0.3) is 0 Å². The number of morpholine rings is 1. The fraction of sp³-hybridized carbons (Fsp3) is 0.423. The van der Waals surface area contributed by atoms with E-state index in [1.807, 2.05) is 41.3 Å². The molecule has 7 nitrogen and oxygen atoms in total. The minimum absolute atomic E-state index is 0.0678. The third-order valence-electron chi connectivity index (χ3n) is 6.63. The van der Waals surface area contributed by atoms with Crippen LogP contribution in [0, 0.1) is 5.92 Å². The molecule has 7 heteroatoms. The molecule has 3 heterocycles. The number of ether oxygens (including phenoxy) is 1. The Morgan fingerprint density at radius 2 is 1.52 bits per heavy atom. The number of likely N-dealkylation sites (tertiary alicyclic amines) is 1. The average molecular weight is 447 g/mol.